The minimum atomic E-state index is 0.0434. The summed E-state index contributed by atoms with van der Waals surface area (Å²) in [6, 6.07) is 8.03. The summed E-state index contributed by atoms with van der Waals surface area (Å²) in [5.74, 6) is 0.552. The fourth-order valence-corrected chi connectivity index (χ4v) is 4.52. The quantitative estimate of drug-likeness (QED) is 0.786. The van der Waals surface area contributed by atoms with E-state index in [1.54, 1.807) is 11.3 Å². The van der Waals surface area contributed by atoms with E-state index < -0.39 is 0 Å². The fraction of sp³-hybridized carbons (Fsp3) is 0.522. The normalized spacial score (nSPS) is 15.4. The van der Waals surface area contributed by atoms with Crippen molar-refractivity contribution in [3.8, 4) is 0 Å². The molecular formula is C23H31N3O2S. The molecule has 1 aromatic carbocycles. The Kier molecular flexibility index (Phi) is 6.73. The van der Waals surface area contributed by atoms with E-state index in [0.29, 0.717) is 18.9 Å². The molecule has 0 saturated carbocycles. The third-order valence-corrected chi connectivity index (χ3v) is 6.54. The number of carbonyl (C=O) groups is 2. The van der Waals surface area contributed by atoms with E-state index in [2.05, 4.69) is 38.2 Å². The smallest absolute Gasteiger partial charge is 0.253 e. The maximum absolute atomic E-state index is 12.9. The summed E-state index contributed by atoms with van der Waals surface area (Å²) in [6.07, 6.45) is 2.35. The van der Waals surface area contributed by atoms with Crippen LogP contribution in [0, 0.1) is 0 Å². The number of hydrogen-bond donors (Lipinski definition) is 1. The average Bonchev–Trinajstić information content (AvgIpc) is 3.20. The van der Waals surface area contributed by atoms with Crippen LogP contribution in [0.5, 0.6) is 0 Å². The lowest BCUT2D eigenvalue weighted by atomic mass is 9.86. The number of thiazole rings is 1. The molecule has 2 aromatic rings. The van der Waals surface area contributed by atoms with Gasteiger partial charge in [-0.2, -0.15) is 0 Å². The zero-order valence-corrected chi connectivity index (χ0v) is 18.6. The minimum absolute atomic E-state index is 0.0434. The molecule has 5 nitrogen and oxygen atoms in total. The Hall–Kier alpha value is -2.21. The van der Waals surface area contributed by atoms with E-state index in [1.165, 1.54) is 5.56 Å². The van der Waals surface area contributed by atoms with Crippen LogP contribution in [-0.2, 0) is 16.8 Å². The van der Waals surface area contributed by atoms with Crippen molar-refractivity contribution in [1.82, 2.24) is 15.2 Å². The van der Waals surface area contributed by atoms with Crippen LogP contribution in [0.1, 0.15) is 79.5 Å². The van der Waals surface area contributed by atoms with E-state index in [1.807, 2.05) is 29.3 Å². The second-order valence-electron chi connectivity index (χ2n) is 8.70. The number of piperidine rings is 1. The molecule has 1 aliphatic heterocycles. The number of rotatable bonds is 5. The zero-order chi connectivity index (χ0) is 21.0. The van der Waals surface area contributed by atoms with E-state index in [4.69, 9.17) is 4.98 Å². The SMILES string of the molecule is CCC(=O)NCc1csc(C2CCN(C(=O)c3ccc(C(C)(C)C)cc3)CC2)n1. The number of nitrogens with zero attached hydrogens (tertiary/aromatic N) is 2. The van der Waals surface area contributed by atoms with Crippen molar-refractivity contribution in [2.75, 3.05) is 13.1 Å². The van der Waals surface area contributed by atoms with Gasteiger partial charge in [0.05, 0.1) is 17.2 Å². The highest BCUT2D eigenvalue weighted by Crippen LogP contribution is 2.31. The third-order valence-electron chi connectivity index (χ3n) is 5.49. The van der Waals surface area contributed by atoms with Gasteiger partial charge in [-0.25, -0.2) is 4.98 Å². The molecule has 1 aromatic heterocycles. The molecule has 6 heteroatoms. The number of likely N-dealkylation sites (tertiary alicyclic amines) is 1. The summed E-state index contributed by atoms with van der Waals surface area (Å²) in [5, 5.41) is 6.02. The molecule has 1 aliphatic rings. The number of hydrogen-bond acceptors (Lipinski definition) is 4. The molecule has 2 amide bonds. The molecule has 156 valence electrons. The molecule has 1 N–H and O–H groups in total. The second-order valence-corrected chi connectivity index (χ2v) is 9.59. The van der Waals surface area contributed by atoms with E-state index in [0.717, 1.165) is 42.2 Å². The van der Waals surface area contributed by atoms with Crippen molar-refractivity contribution in [2.24, 2.45) is 0 Å². The van der Waals surface area contributed by atoms with Gasteiger partial charge in [-0.1, -0.05) is 39.8 Å². The van der Waals surface area contributed by atoms with Crippen molar-refractivity contribution in [3.63, 3.8) is 0 Å². The van der Waals surface area contributed by atoms with Gasteiger partial charge in [0.2, 0.25) is 5.91 Å². The fourth-order valence-electron chi connectivity index (χ4n) is 3.53. The molecule has 0 unspecified atom stereocenters. The van der Waals surface area contributed by atoms with Gasteiger partial charge in [0.1, 0.15) is 0 Å². The molecule has 0 atom stereocenters. The molecule has 0 bridgehead atoms. The van der Waals surface area contributed by atoms with Gasteiger partial charge in [-0.15, -0.1) is 11.3 Å². The van der Waals surface area contributed by atoms with E-state index in [-0.39, 0.29) is 17.2 Å². The van der Waals surface area contributed by atoms with Gasteiger partial charge >= 0.3 is 0 Å². The van der Waals surface area contributed by atoms with Gasteiger partial charge in [0.25, 0.3) is 5.91 Å². The van der Waals surface area contributed by atoms with Crippen LogP contribution < -0.4 is 5.32 Å². The summed E-state index contributed by atoms with van der Waals surface area (Å²) < 4.78 is 0. The van der Waals surface area contributed by atoms with E-state index >= 15 is 0 Å². The average molecular weight is 414 g/mol. The Morgan fingerprint density at radius 3 is 2.41 bits per heavy atom. The summed E-state index contributed by atoms with van der Waals surface area (Å²) in [4.78, 5) is 30.9. The summed E-state index contributed by atoms with van der Waals surface area (Å²) in [7, 11) is 0. The van der Waals surface area contributed by atoms with Crippen molar-refractivity contribution >= 4 is 23.2 Å². The van der Waals surface area contributed by atoms with Gasteiger partial charge in [-0.3, -0.25) is 9.59 Å². The summed E-state index contributed by atoms with van der Waals surface area (Å²) >= 11 is 1.66. The Balaban J connectivity index is 1.54. The zero-order valence-electron chi connectivity index (χ0n) is 17.8. The predicted octanol–water partition coefficient (Wildman–Crippen LogP) is 4.49. The standard InChI is InChI=1S/C23H31N3O2S/c1-5-20(27)24-14-19-15-29-21(25-19)16-10-12-26(13-11-16)22(28)17-6-8-18(9-7-17)23(2,3)4/h6-9,15-16H,5,10-14H2,1-4H3,(H,24,27). The number of aromatic nitrogens is 1. The predicted molar refractivity (Wildman–Crippen MR) is 117 cm³/mol. The Bertz CT molecular complexity index is 844. The number of carbonyl (C=O) groups excluding carboxylic acids is 2. The summed E-state index contributed by atoms with van der Waals surface area (Å²) in [5.41, 5.74) is 3.01. The highest BCUT2D eigenvalue weighted by Gasteiger charge is 2.26. The Morgan fingerprint density at radius 2 is 1.83 bits per heavy atom. The topological polar surface area (TPSA) is 62.3 Å². The van der Waals surface area contributed by atoms with Crippen molar-refractivity contribution < 1.29 is 9.59 Å². The maximum atomic E-state index is 12.9. The van der Waals surface area contributed by atoms with Gasteiger partial charge in [0, 0.05) is 36.4 Å². The first kappa shape index (κ1) is 21.5. The lowest BCUT2D eigenvalue weighted by molar-refractivity contribution is -0.120. The van der Waals surface area contributed by atoms with Crippen LogP contribution in [0.25, 0.3) is 0 Å². The third kappa shape index (κ3) is 5.44. The molecule has 0 spiro atoms. The molecule has 1 fully saturated rings. The number of amides is 2. The maximum Gasteiger partial charge on any atom is 0.253 e. The number of nitrogens with one attached hydrogen (secondary N) is 1. The van der Waals surface area contributed by atoms with Crippen molar-refractivity contribution in [2.45, 2.75) is 64.8 Å². The van der Waals surface area contributed by atoms with Gasteiger partial charge in [0.15, 0.2) is 0 Å². The lowest BCUT2D eigenvalue weighted by Crippen LogP contribution is -2.38. The molecule has 3 rings (SSSR count). The summed E-state index contributed by atoms with van der Waals surface area (Å²) in [6.45, 7) is 10.4. The molecule has 2 heterocycles. The van der Waals surface area contributed by atoms with Crippen LogP contribution in [-0.4, -0.2) is 34.8 Å². The molecular weight excluding hydrogens is 382 g/mol. The first-order chi connectivity index (χ1) is 13.8. The highest BCUT2D eigenvalue weighted by atomic mass is 32.1. The number of benzene rings is 1. The Labute approximate surface area is 177 Å². The van der Waals surface area contributed by atoms with E-state index in [9.17, 15) is 9.59 Å². The molecule has 29 heavy (non-hydrogen) atoms. The largest absolute Gasteiger partial charge is 0.350 e. The van der Waals surface area contributed by atoms with Gasteiger partial charge in [-0.05, 0) is 36.0 Å². The second kappa shape index (κ2) is 9.08. The van der Waals surface area contributed by atoms with Crippen LogP contribution in [0.4, 0.5) is 0 Å². The van der Waals surface area contributed by atoms with Crippen LogP contribution in [0.3, 0.4) is 0 Å². The van der Waals surface area contributed by atoms with Gasteiger partial charge < -0.3 is 10.2 Å². The minimum Gasteiger partial charge on any atom is -0.350 e. The van der Waals surface area contributed by atoms with Crippen molar-refractivity contribution in [3.05, 3.63) is 51.5 Å². The lowest BCUT2D eigenvalue weighted by Gasteiger charge is -2.31. The first-order valence-electron chi connectivity index (χ1n) is 10.4. The molecule has 0 aliphatic carbocycles. The highest BCUT2D eigenvalue weighted by molar-refractivity contribution is 7.09. The van der Waals surface area contributed by atoms with Crippen LogP contribution >= 0.6 is 11.3 Å². The monoisotopic (exact) mass is 413 g/mol. The van der Waals surface area contributed by atoms with Crippen molar-refractivity contribution in [1.29, 1.82) is 0 Å². The molecule has 1 saturated heterocycles. The molecule has 0 radical (unpaired) electrons. The first-order valence-corrected chi connectivity index (χ1v) is 11.3. The Morgan fingerprint density at radius 1 is 1.17 bits per heavy atom. The van der Waals surface area contributed by atoms with Crippen LogP contribution in [0.2, 0.25) is 0 Å². The van der Waals surface area contributed by atoms with Crippen LogP contribution in [0.15, 0.2) is 29.6 Å².